The zero-order chi connectivity index (χ0) is 9.73. The van der Waals surface area contributed by atoms with Crippen LogP contribution in [-0.2, 0) is 4.79 Å². The van der Waals surface area contributed by atoms with E-state index < -0.39 is 0 Å². The first-order chi connectivity index (χ1) is 6.16. The van der Waals surface area contributed by atoms with Crippen LogP contribution in [0.4, 0.5) is 0 Å². The molecule has 1 aliphatic rings. The second kappa shape index (κ2) is 4.42. The Labute approximate surface area is 79.6 Å². The molecule has 13 heavy (non-hydrogen) atoms. The molecular weight excluding hydrogens is 164 g/mol. The summed E-state index contributed by atoms with van der Waals surface area (Å²) in [7, 11) is 0. The highest BCUT2D eigenvalue weighted by Gasteiger charge is 2.26. The Morgan fingerprint density at radius 2 is 2.54 bits per heavy atom. The molecular formula is C10H18N2O. The fraction of sp³-hybridized carbons (Fsp3) is 0.700. The summed E-state index contributed by atoms with van der Waals surface area (Å²) in [5, 5.41) is 6.19. The molecule has 3 heteroatoms. The second-order valence-corrected chi connectivity index (χ2v) is 4.01. The van der Waals surface area contributed by atoms with Crippen molar-refractivity contribution in [1.29, 1.82) is 0 Å². The minimum Gasteiger partial charge on any atom is -0.352 e. The molecule has 1 rings (SSSR count). The van der Waals surface area contributed by atoms with E-state index in [0.717, 1.165) is 19.6 Å². The second-order valence-electron chi connectivity index (χ2n) is 4.01. The van der Waals surface area contributed by atoms with Gasteiger partial charge in [-0.1, -0.05) is 13.5 Å². The number of rotatable bonds is 3. The summed E-state index contributed by atoms with van der Waals surface area (Å²) in [5.74, 6) is -0.0770. The number of carbonyl (C=O) groups excluding carboxylic acids is 1. The van der Waals surface area contributed by atoms with Crippen molar-refractivity contribution in [2.24, 2.45) is 5.41 Å². The molecule has 0 spiro atoms. The monoisotopic (exact) mass is 182 g/mol. The van der Waals surface area contributed by atoms with Gasteiger partial charge in [-0.15, -0.1) is 0 Å². The lowest BCUT2D eigenvalue weighted by Gasteiger charge is -2.34. The predicted molar refractivity (Wildman–Crippen MR) is 53.4 cm³/mol. The highest BCUT2D eigenvalue weighted by atomic mass is 16.1. The molecule has 2 N–H and O–H groups in total. The smallest absolute Gasteiger partial charge is 0.243 e. The normalized spacial score (nSPS) is 28.1. The Morgan fingerprint density at radius 3 is 3.08 bits per heavy atom. The number of hydrogen-bond donors (Lipinski definition) is 2. The van der Waals surface area contributed by atoms with Gasteiger partial charge in [0.05, 0.1) is 0 Å². The van der Waals surface area contributed by atoms with Crippen LogP contribution in [0.25, 0.3) is 0 Å². The molecule has 0 saturated carbocycles. The van der Waals surface area contributed by atoms with E-state index in [-0.39, 0.29) is 11.3 Å². The van der Waals surface area contributed by atoms with Crippen LogP contribution in [-0.4, -0.2) is 25.5 Å². The highest BCUT2D eigenvalue weighted by molar-refractivity contribution is 5.86. The van der Waals surface area contributed by atoms with Gasteiger partial charge in [-0.3, -0.25) is 4.79 Å². The first-order valence-electron chi connectivity index (χ1n) is 4.77. The van der Waals surface area contributed by atoms with Gasteiger partial charge in [-0.25, -0.2) is 0 Å². The molecule has 1 amide bonds. The lowest BCUT2D eigenvalue weighted by Crippen LogP contribution is -2.45. The van der Waals surface area contributed by atoms with E-state index in [1.165, 1.54) is 18.9 Å². The molecule has 0 aliphatic carbocycles. The van der Waals surface area contributed by atoms with Crippen LogP contribution in [0.2, 0.25) is 0 Å². The van der Waals surface area contributed by atoms with Crippen molar-refractivity contribution in [2.75, 3.05) is 19.6 Å². The zero-order valence-electron chi connectivity index (χ0n) is 8.23. The van der Waals surface area contributed by atoms with Crippen LogP contribution < -0.4 is 10.6 Å². The van der Waals surface area contributed by atoms with E-state index in [2.05, 4.69) is 24.1 Å². The average molecular weight is 182 g/mol. The van der Waals surface area contributed by atoms with Gasteiger partial charge in [0.15, 0.2) is 0 Å². The summed E-state index contributed by atoms with van der Waals surface area (Å²) < 4.78 is 0. The largest absolute Gasteiger partial charge is 0.352 e. The van der Waals surface area contributed by atoms with Crippen molar-refractivity contribution in [3.05, 3.63) is 12.7 Å². The molecule has 1 saturated heterocycles. The quantitative estimate of drug-likeness (QED) is 0.630. The van der Waals surface area contributed by atoms with E-state index >= 15 is 0 Å². The first kappa shape index (κ1) is 10.3. The first-order valence-corrected chi connectivity index (χ1v) is 4.77. The summed E-state index contributed by atoms with van der Waals surface area (Å²) in [5.41, 5.74) is 0.219. The van der Waals surface area contributed by atoms with Crippen molar-refractivity contribution in [2.45, 2.75) is 19.8 Å². The standard InChI is InChI=1S/C10H18N2O/c1-3-9(13)12-8-10(2)5-4-6-11-7-10/h3,11H,1,4-8H2,2H3,(H,12,13). The van der Waals surface area contributed by atoms with Gasteiger partial charge >= 0.3 is 0 Å². The van der Waals surface area contributed by atoms with Gasteiger partial charge in [0.2, 0.25) is 5.91 Å². The van der Waals surface area contributed by atoms with Crippen molar-refractivity contribution in [3.8, 4) is 0 Å². The van der Waals surface area contributed by atoms with Gasteiger partial charge in [0.25, 0.3) is 0 Å². The maximum atomic E-state index is 10.9. The predicted octanol–water partition coefficient (Wildman–Crippen LogP) is 0.678. The topological polar surface area (TPSA) is 41.1 Å². The summed E-state index contributed by atoms with van der Waals surface area (Å²) in [4.78, 5) is 10.9. The molecule has 74 valence electrons. The van der Waals surface area contributed by atoms with Crippen LogP contribution in [0.3, 0.4) is 0 Å². The Kier molecular flexibility index (Phi) is 3.48. The summed E-state index contributed by atoms with van der Waals surface area (Å²) in [6.07, 6.45) is 3.69. The molecule has 1 aliphatic heterocycles. The van der Waals surface area contributed by atoms with Gasteiger partial charge in [-0.05, 0) is 30.9 Å². The lowest BCUT2D eigenvalue weighted by atomic mass is 9.83. The molecule has 0 bridgehead atoms. The van der Waals surface area contributed by atoms with Crippen molar-refractivity contribution in [1.82, 2.24) is 10.6 Å². The van der Waals surface area contributed by atoms with E-state index in [0.29, 0.717) is 0 Å². The van der Waals surface area contributed by atoms with Gasteiger partial charge in [-0.2, -0.15) is 0 Å². The molecule has 0 aromatic rings. The number of amides is 1. The van der Waals surface area contributed by atoms with Gasteiger partial charge in [0, 0.05) is 13.1 Å². The minimum atomic E-state index is -0.0770. The van der Waals surface area contributed by atoms with E-state index in [9.17, 15) is 4.79 Å². The van der Waals surface area contributed by atoms with Crippen LogP contribution in [0.1, 0.15) is 19.8 Å². The SMILES string of the molecule is C=CC(=O)NCC1(C)CCCNC1. The molecule has 0 radical (unpaired) electrons. The summed E-state index contributed by atoms with van der Waals surface area (Å²) >= 11 is 0. The van der Waals surface area contributed by atoms with Crippen LogP contribution in [0, 0.1) is 5.41 Å². The van der Waals surface area contributed by atoms with Crippen molar-refractivity contribution < 1.29 is 4.79 Å². The molecule has 1 fully saturated rings. The van der Waals surface area contributed by atoms with E-state index in [1.807, 2.05) is 0 Å². The third kappa shape index (κ3) is 3.19. The molecule has 0 aromatic heterocycles. The van der Waals surface area contributed by atoms with E-state index in [1.54, 1.807) is 0 Å². The van der Waals surface area contributed by atoms with Crippen molar-refractivity contribution >= 4 is 5.91 Å². The molecule has 1 heterocycles. The number of nitrogens with one attached hydrogen (secondary N) is 2. The Bertz CT molecular complexity index is 195. The summed E-state index contributed by atoms with van der Waals surface area (Å²) in [6.45, 7) is 8.45. The fourth-order valence-corrected chi connectivity index (χ4v) is 1.64. The fourth-order valence-electron chi connectivity index (χ4n) is 1.64. The van der Waals surface area contributed by atoms with Gasteiger partial charge < -0.3 is 10.6 Å². The van der Waals surface area contributed by atoms with Crippen LogP contribution in [0.5, 0.6) is 0 Å². The van der Waals surface area contributed by atoms with Crippen molar-refractivity contribution in [3.63, 3.8) is 0 Å². The minimum absolute atomic E-state index is 0.0770. The molecule has 1 unspecified atom stereocenters. The number of hydrogen-bond acceptors (Lipinski definition) is 2. The van der Waals surface area contributed by atoms with Crippen LogP contribution >= 0.6 is 0 Å². The summed E-state index contributed by atoms with van der Waals surface area (Å²) in [6, 6.07) is 0. The Hall–Kier alpha value is -0.830. The van der Waals surface area contributed by atoms with Gasteiger partial charge in [0.1, 0.15) is 0 Å². The maximum absolute atomic E-state index is 10.9. The highest BCUT2D eigenvalue weighted by Crippen LogP contribution is 2.23. The molecule has 3 nitrogen and oxygen atoms in total. The average Bonchev–Trinajstić information content (AvgIpc) is 2.15. The number of carbonyl (C=O) groups is 1. The van der Waals surface area contributed by atoms with E-state index in [4.69, 9.17) is 0 Å². The van der Waals surface area contributed by atoms with Crippen LogP contribution in [0.15, 0.2) is 12.7 Å². The number of piperidine rings is 1. The Balaban J connectivity index is 2.32. The lowest BCUT2D eigenvalue weighted by molar-refractivity contribution is -0.117. The maximum Gasteiger partial charge on any atom is 0.243 e. The molecule has 1 atom stereocenters. The third-order valence-electron chi connectivity index (χ3n) is 2.56. The molecule has 0 aromatic carbocycles. The third-order valence-corrected chi connectivity index (χ3v) is 2.56. The zero-order valence-corrected chi connectivity index (χ0v) is 8.23. The Morgan fingerprint density at radius 1 is 1.77 bits per heavy atom.